The number of sulfone groups is 2. The fraction of sp³-hybridized carbons (Fsp3) is 0.450. The van der Waals surface area contributed by atoms with Crippen molar-refractivity contribution in [2.45, 2.75) is 44.4 Å². The van der Waals surface area contributed by atoms with Gasteiger partial charge in [-0.25, -0.2) is 26.8 Å². The fourth-order valence-corrected chi connectivity index (χ4v) is 5.99. The molecule has 1 saturated heterocycles. The van der Waals surface area contributed by atoms with Crippen molar-refractivity contribution in [2.75, 3.05) is 17.3 Å². The number of amides is 1. The summed E-state index contributed by atoms with van der Waals surface area (Å²) in [6.07, 6.45) is 2.25. The Morgan fingerprint density at radius 3 is 2.39 bits per heavy atom. The van der Waals surface area contributed by atoms with Crippen molar-refractivity contribution in [2.24, 2.45) is 0 Å². The highest BCUT2D eigenvalue weighted by Crippen LogP contribution is 2.25. The molecule has 2 heterocycles. The first-order valence-corrected chi connectivity index (χ1v) is 13.8. The number of nitrogens with zero attached hydrogens (tertiary/aromatic N) is 3. The molecule has 1 aromatic carbocycles. The van der Waals surface area contributed by atoms with Gasteiger partial charge in [0.2, 0.25) is 15.0 Å². The molecule has 0 N–H and O–H groups in total. The molecule has 168 valence electrons. The van der Waals surface area contributed by atoms with Gasteiger partial charge in [-0.3, -0.25) is 4.79 Å². The number of carbonyl (C=O) groups is 1. The van der Waals surface area contributed by atoms with Crippen LogP contribution in [0.3, 0.4) is 0 Å². The topological polar surface area (TPSA) is 114 Å². The number of halogens is 1. The molecule has 0 radical (unpaired) electrons. The van der Waals surface area contributed by atoms with Gasteiger partial charge < -0.3 is 4.90 Å². The van der Waals surface area contributed by atoms with Crippen LogP contribution in [0.1, 0.15) is 41.9 Å². The van der Waals surface area contributed by atoms with Gasteiger partial charge in [-0.2, -0.15) is 0 Å². The van der Waals surface area contributed by atoms with Crippen LogP contribution < -0.4 is 0 Å². The summed E-state index contributed by atoms with van der Waals surface area (Å²) in [5, 5.41) is -0.568. The van der Waals surface area contributed by atoms with E-state index in [1.807, 2.05) is 31.2 Å². The highest BCUT2D eigenvalue weighted by atomic mass is 35.5. The lowest BCUT2D eigenvalue weighted by atomic mass is 10.1. The molecular weight excluding hydrogens is 462 g/mol. The number of benzene rings is 1. The van der Waals surface area contributed by atoms with E-state index in [2.05, 4.69) is 9.97 Å². The molecule has 11 heteroatoms. The van der Waals surface area contributed by atoms with E-state index in [0.29, 0.717) is 6.42 Å². The molecule has 1 amide bonds. The Hall–Kier alpha value is -2.04. The lowest BCUT2D eigenvalue weighted by Gasteiger charge is -2.28. The fourth-order valence-electron chi connectivity index (χ4n) is 3.38. The molecule has 31 heavy (non-hydrogen) atoms. The number of carbonyl (C=O) groups excluding carboxylic acids is 1. The molecule has 1 aliphatic heterocycles. The predicted molar refractivity (Wildman–Crippen MR) is 118 cm³/mol. The van der Waals surface area contributed by atoms with E-state index in [1.54, 1.807) is 0 Å². The van der Waals surface area contributed by atoms with Gasteiger partial charge in [-0.1, -0.05) is 49.7 Å². The third-order valence-corrected chi connectivity index (χ3v) is 8.82. The molecule has 8 nitrogen and oxygen atoms in total. The second kappa shape index (κ2) is 9.22. The summed E-state index contributed by atoms with van der Waals surface area (Å²) in [5.74, 6) is -1.02. The smallest absolute Gasteiger partial charge is 0.274 e. The maximum Gasteiger partial charge on any atom is 0.274 e. The highest BCUT2D eigenvalue weighted by molar-refractivity contribution is 7.91. The molecule has 3 rings (SSSR count). The molecule has 2 aromatic rings. The van der Waals surface area contributed by atoms with Crippen LogP contribution in [-0.4, -0.2) is 60.9 Å². The zero-order valence-electron chi connectivity index (χ0n) is 17.3. The monoisotopic (exact) mass is 485 g/mol. The van der Waals surface area contributed by atoms with Gasteiger partial charge in [0, 0.05) is 12.6 Å². The number of rotatable bonds is 7. The van der Waals surface area contributed by atoms with Crippen molar-refractivity contribution in [3.8, 4) is 0 Å². The van der Waals surface area contributed by atoms with E-state index in [-0.39, 0.29) is 34.5 Å². The zero-order valence-corrected chi connectivity index (χ0v) is 19.7. The van der Waals surface area contributed by atoms with Crippen LogP contribution in [0, 0.1) is 0 Å². The molecule has 1 atom stereocenters. The largest absolute Gasteiger partial charge is 0.329 e. The van der Waals surface area contributed by atoms with Crippen LogP contribution in [0.5, 0.6) is 0 Å². The van der Waals surface area contributed by atoms with Crippen LogP contribution in [-0.2, 0) is 32.6 Å². The lowest BCUT2D eigenvalue weighted by molar-refractivity contribution is 0.0674. The van der Waals surface area contributed by atoms with Crippen molar-refractivity contribution >= 4 is 37.2 Å². The molecule has 0 aliphatic carbocycles. The summed E-state index contributed by atoms with van der Waals surface area (Å²) in [4.78, 5) is 22.5. The average molecular weight is 486 g/mol. The minimum atomic E-state index is -3.75. The minimum absolute atomic E-state index is 0.0107. The number of aromatic nitrogens is 2. The Bertz CT molecular complexity index is 1180. The van der Waals surface area contributed by atoms with Gasteiger partial charge in [0.1, 0.15) is 0 Å². The van der Waals surface area contributed by atoms with E-state index < -0.39 is 36.8 Å². The minimum Gasteiger partial charge on any atom is -0.329 e. The van der Waals surface area contributed by atoms with Crippen LogP contribution in [0.2, 0.25) is 5.02 Å². The second-order valence-corrected chi connectivity index (χ2v) is 12.2. The first-order chi connectivity index (χ1) is 14.6. The van der Waals surface area contributed by atoms with Gasteiger partial charge in [-0.05, 0) is 24.0 Å². The summed E-state index contributed by atoms with van der Waals surface area (Å²) in [5.41, 5.74) is 1.71. The Kier molecular flexibility index (Phi) is 7.02. The molecule has 0 spiro atoms. The molecule has 1 aliphatic rings. The lowest BCUT2D eigenvalue weighted by Crippen LogP contribution is -2.41. The standard InChI is InChI=1S/C20H24ClN3O5S2/c1-3-14-5-7-15(8-6-14)12-24(16-9-10-30(26,27)13-16)19(25)18-17(21)11-22-20(23-18)31(28,29)4-2/h5-8,11,16H,3-4,9-10,12-13H2,1-2H3/t16-/m0/s1. The van der Waals surface area contributed by atoms with Gasteiger partial charge in [0.05, 0.1) is 28.5 Å². The predicted octanol–water partition coefficient (Wildman–Crippen LogP) is 2.32. The van der Waals surface area contributed by atoms with E-state index in [9.17, 15) is 21.6 Å². The average Bonchev–Trinajstić information content (AvgIpc) is 3.11. The van der Waals surface area contributed by atoms with E-state index in [0.717, 1.165) is 23.7 Å². The van der Waals surface area contributed by atoms with Gasteiger partial charge >= 0.3 is 0 Å². The van der Waals surface area contributed by atoms with Crippen molar-refractivity contribution in [1.29, 1.82) is 0 Å². The van der Waals surface area contributed by atoms with E-state index in [4.69, 9.17) is 11.6 Å². The maximum absolute atomic E-state index is 13.4. The Morgan fingerprint density at radius 1 is 1.19 bits per heavy atom. The molecule has 0 bridgehead atoms. The summed E-state index contributed by atoms with van der Waals surface area (Å²) >= 11 is 6.15. The summed E-state index contributed by atoms with van der Waals surface area (Å²) in [7, 11) is -7.01. The van der Waals surface area contributed by atoms with Crippen LogP contribution in [0.4, 0.5) is 0 Å². The van der Waals surface area contributed by atoms with Crippen LogP contribution in [0.15, 0.2) is 35.6 Å². The Balaban J connectivity index is 2.00. The maximum atomic E-state index is 13.4. The number of hydrogen-bond acceptors (Lipinski definition) is 7. The Morgan fingerprint density at radius 2 is 1.84 bits per heavy atom. The Labute approximate surface area is 187 Å². The highest BCUT2D eigenvalue weighted by Gasteiger charge is 2.36. The number of hydrogen-bond donors (Lipinski definition) is 0. The third kappa shape index (κ3) is 5.42. The van der Waals surface area contributed by atoms with E-state index in [1.165, 1.54) is 11.8 Å². The molecule has 0 saturated carbocycles. The molecular formula is C20H24ClN3O5S2. The van der Waals surface area contributed by atoms with Crippen LogP contribution >= 0.6 is 11.6 Å². The van der Waals surface area contributed by atoms with E-state index >= 15 is 0 Å². The van der Waals surface area contributed by atoms with Gasteiger partial charge in [-0.15, -0.1) is 0 Å². The van der Waals surface area contributed by atoms with Crippen molar-refractivity contribution in [1.82, 2.24) is 14.9 Å². The van der Waals surface area contributed by atoms with Crippen molar-refractivity contribution in [3.63, 3.8) is 0 Å². The zero-order chi connectivity index (χ0) is 22.8. The van der Waals surface area contributed by atoms with Crippen molar-refractivity contribution < 1.29 is 21.6 Å². The second-order valence-electron chi connectivity index (χ2n) is 7.41. The first kappa shape index (κ1) is 23.6. The van der Waals surface area contributed by atoms with Gasteiger partial charge in [0.15, 0.2) is 15.5 Å². The quantitative estimate of drug-likeness (QED) is 0.552. The summed E-state index contributed by atoms with van der Waals surface area (Å²) < 4.78 is 48.5. The normalized spacial score (nSPS) is 18.1. The molecule has 1 aromatic heterocycles. The SMILES string of the molecule is CCc1ccc(CN(C(=O)c2nc(S(=O)(=O)CC)ncc2Cl)[C@H]2CCS(=O)(=O)C2)cc1. The third-order valence-electron chi connectivity index (χ3n) is 5.28. The molecule has 1 fully saturated rings. The van der Waals surface area contributed by atoms with Crippen molar-refractivity contribution in [3.05, 3.63) is 52.3 Å². The first-order valence-electron chi connectivity index (χ1n) is 9.90. The summed E-state index contributed by atoms with van der Waals surface area (Å²) in [6, 6.07) is 7.12. The van der Waals surface area contributed by atoms with Crippen LogP contribution in [0.25, 0.3) is 0 Å². The summed E-state index contributed by atoms with van der Waals surface area (Å²) in [6.45, 7) is 3.64. The van der Waals surface area contributed by atoms with Gasteiger partial charge in [0.25, 0.3) is 5.91 Å². The molecule has 0 unspecified atom stereocenters. The number of aryl methyl sites for hydroxylation is 1.